The first-order chi connectivity index (χ1) is 5.15. The van der Waals surface area contributed by atoms with Gasteiger partial charge in [0.25, 0.3) is 0 Å². The van der Waals surface area contributed by atoms with Crippen molar-refractivity contribution in [2.24, 2.45) is 4.99 Å². The van der Waals surface area contributed by atoms with Gasteiger partial charge in [0.05, 0.1) is 17.3 Å². The van der Waals surface area contributed by atoms with Crippen molar-refractivity contribution >= 4 is 29.0 Å². The van der Waals surface area contributed by atoms with Crippen molar-refractivity contribution in [2.45, 2.75) is 19.9 Å². The summed E-state index contributed by atoms with van der Waals surface area (Å²) in [5.74, 6) is 1.84. The molecular weight excluding hydrogens is 176 g/mol. The molecule has 1 unspecified atom stereocenters. The van der Waals surface area contributed by atoms with Crippen molar-refractivity contribution in [3.05, 3.63) is 5.57 Å². The quantitative estimate of drug-likeness (QED) is 0.415. The summed E-state index contributed by atoms with van der Waals surface area (Å²) in [6, 6.07) is -0.0579. The molecule has 0 saturated carbocycles. The number of aliphatic imine (C=N–C) groups is 1. The molecule has 66 valence electrons. The van der Waals surface area contributed by atoms with Gasteiger partial charge in [-0.25, -0.2) is 9.79 Å². The molecule has 0 aromatic heterocycles. The molecule has 0 fully saturated rings. The van der Waals surface area contributed by atoms with Gasteiger partial charge in [-0.1, -0.05) is 0 Å². The fraction of sp³-hybridized carbons (Fsp3) is 0.429. The van der Waals surface area contributed by atoms with Gasteiger partial charge in [-0.05, 0) is 26.1 Å². The molecule has 0 amide bonds. The van der Waals surface area contributed by atoms with Gasteiger partial charge < -0.3 is 10.8 Å². The largest absolute Gasteiger partial charge is 0.412 e. The molecule has 1 heterocycles. The zero-order chi connectivity index (χ0) is 8.43. The van der Waals surface area contributed by atoms with Crippen LogP contribution in [0.15, 0.2) is 10.6 Å². The second kappa shape index (κ2) is 4.11. The van der Waals surface area contributed by atoms with Crippen molar-refractivity contribution < 1.29 is 10.3 Å². The third-order valence-corrected chi connectivity index (χ3v) is 1.75. The monoisotopic (exact) mass is 186 g/mol. The minimum Gasteiger partial charge on any atom is -0.412 e. The van der Waals surface area contributed by atoms with Crippen LogP contribution in [0.3, 0.4) is 0 Å². The van der Waals surface area contributed by atoms with Crippen LogP contribution in [0, 0.1) is 0 Å². The normalized spacial score (nSPS) is 21.8. The molecule has 12 heavy (non-hydrogen) atoms. The summed E-state index contributed by atoms with van der Waals surface area (Å²) in [4.78, 5) is 14.3. The Morgan fingerprint density at radius 2 is 2.25 bits per heavy atom. The Morgan fingerprint density at radius 1 is 1.67 bits per heavy atom. The molecule has 0 bridgehead atoms. The van der Waals surface area contributed by atoms with Crippen LogP contribution in [0.25, 0.3) is 0 Å². The maximum absolute atomic E-state index is 10.4. The smallest absolute Gasteiger partial charge is 0.193 e. The SMILES string of the molecule is CC1=NC(=S)NC(C)C1=C=O.O. The highest BCUT2D eigenvalue weighted by atomic mass is 32.1. The lowest BCUT2D eigenvalue weighted by molar-refractivity contribution is 0.565. The van der Waals surface area contributed by atoms with E-state index in [9.17, 15) is 4.79 Å². The van der Waals surface area contributed by atoms with E-state index in [4.69, 9.17) is 12.2 Å². The molecule has 1 rings (SSSR count). The Balaban J connectivity index is 0.00000121. The Morgan fingerprint density at radius 3 is 2.67 bits per heavy atom. The summed E-state index contributed by atoms with van der Waals surface area (Å²) in [5, 5.41) is 3.29. The van der Waals surface area contributed by atoms with Crippen molar-refractivity contribution in [1.29, 1.82) is 0 Å². The van der Waals surface area contributed by atoms with E-state index in [1.54, 1.807) is 6.92 Å². The van der Waals surface area contributed by atoms with E-state index in [1.807, 2.05) is 12.9 Å². The van der Waals surface area contributed by atoms with Crippen LogP contribution in [0.4, 0.5) is 0 Å². The summed E-state index contributed by atoms with van der Waals surface area (Å²) in [7, 11) is 0. The Hall–Kier alpha value is -1.03. The molecule has 4 nitrogen and oxygen atoms in total. The Bertz CT molecular complexity index is 279. The van der Waals surface area contributed by atoms with Crippen LogP contribution >= 0.6 is 12.2 Å². The van der Waals surface area contributed by atoms with E-state index in [0.29, 0.717) is 16.4 Å². The first-order valence-corrected chi connectivity index (χ1v) is 3.67. The topological polar surface area (TPSA) is 73.0 Å². The number of carbonyl (C=O) groups excluding carboxylic acids is 1. The van der Waals surface area contributed by atoms with E-state index in [1.165, 1.54) is 0 Å². The molecule has 3 N–H and O–H groups in total. The lowest BCUT2D eigenvalue weighted by atomic mass is 10.1. The maximum atomic E-state index is 10.4. The fourth-order valence-electron chi connectivity index (χ4n) is 0.978. The van der Waals surface area contributed by atoms with Crippen LogP contribution in [-0.2, 0) is 4.79 Å². The van der Waals surface area contributed by atoms with Gasteiger partial charge in [0.1, 0.15) is 5.94 Å². The molecule has 0 aromatic carbocycles. The fourth-order valence-corrected chi connectivity index (χ4v) is 1.29. The van der Waals surface area contributed by atoms with Crippen LogP contribution in [-0.4, -0.2) is 28.3 Å². The zero-order valence-corrected chi connectivity index (χ0v) is 7.66. The van der Waals surface area contributed by atoms with Crippen molar-refractivity contribution in [3.8, 4) is 0 Å². The minimum atomic E-state index is -0.0579. The highest BCUT2D eigenvalue weighted by molar-refractivity contribution is 7.80. The summed E-state index contributed by atoms with van der Waals surface area (Å²) in [6.07, 6.45) is 0. The molecule has 0 saturated heterocycles. The van der Waals surface area contributed by atoms with E-state index in [-0.39, 0.29) is 11.5 Å². The summed E-state index contributed by atoms with van der Waals surface area (Å²) in [5.41, 5.74) is 1.22. The molecule has 0 radical (unpaired) electrons. The summed E-state index contributed by atoms with van der Waals surface area (Å²) >= 11 is 4.82. The molecule has 0 aromatic rings. The summed E-state index contributed by atoms with van der Waals surface area (Å²) in [6.45, 7) is 3.61. The standard InChI is InChI=1S/C7H8N2OS.H2O/c1-4-6(3-10)5(2)9-7(11)8-4;/h4H,1-2H3,(H,8,11);1H2. The number of hydrogen-bond donors (Lipinski definition) is 1. The van der Waals surface area contributed by atoms with Crippen molar-refractivity contribution in [2.75, 3.05) is 0 Å². The second-order valence-electron chi connectivity index (χ2n) is 2.38. The first kappa shape index (κ1) is 11.0. The van der Waals surface area contributed by atoms with Crippen molar-refractivity contribution in [3.63, 3.8) is 0 Å². The van der Waals surface area contributed by atoms with Gasteiger partial charge in [0.2, 0.25) is 0 Å². The van der Waals surface area contributed by atoms with E-state index >= 15 is 0 Å². The van der Waals surface area contributed by atoms with E-state index in [2.05, 4.69) is 10.3 Å². The molecule has 5 heteroatoms. The van der Waals surface area contributed by atoms with E-state index < -0.39 is 0 Å². The molecule has 0 aliphatic carbocycles. The molecule has 1 aliphatic rings. The van der Waals surface area contributed by atoms with Gasteiger partial charge in [0.15, 0.2) is 5.11 Å². The third kappa shape index (κ3) is 1.98. The second-order valence-corrected chi connectivity index (χ2v) is 2.77. The Labute approximate surface area is 75.7 Å². The van der Waals surface area contributed by atoms with Crippen LogP contribution in [0.2, 0.25) is 0 Å². The Kier molecular flexibility index (Phi) is 3.76. The van der Waals surface area contributed by atoms with Gasteiger partial charge >= 0.3 is 0 Å². The van der Waals surface area contributed by atoms with E-state index in [0.717, 1.165) is 0 Å². The van der Waals surface area contributed by atoms with Gasteiger partial charge in [0, 0.05) is 0 Å². The van der Waals surface area contributed by atoms with Crippen LogP contribution in [0.5, 0.6) is 0 Å². The zero-order valence-electron chi connectivity index (χ0n) is 6.84. The number of nitrogens with one attached hydrogen (secondary N) is 1. The van der Waals surface area contributed by atoms with Gasteiger partial charge in [-0.3, -0.25) is 0 Å². The molecule has 0 spiro atoms. The first-order valence-electron chi connectivity index (χ1n) is 3.26. The molecule has 1 atom stereocenters. The average molecular weight is 186 g/mol. The minimum absolute atomic E-state index is 0. The third-order valence-electron chi connectivity index (χ3n) is 1.54. The average Bonchev–Trinajstić information content (AvgIpc) is 1.85. The van der Waals surface area contributed by atoms with Gasteiger partial charge in [-0.2, -0.15) is 0 Å². The lowest BCUT2D eigenvalue weighted by Gasteiger charge is -2.19. The number of hydrogen-bond acceptors (Lipinski definition) is 2. The predicted molar refractivity (Wildman–Crippen MR) is 51.1 cm³/mol. The number of nitrogens with zero attached hydrogens (tertiary/aromatic N) is 1. The number of thiocarbonyl (C=S) groups is 1. The maximum Gasteiger partial charge on any atom is 0.193 e. The lowest BCUT2D eigenvalue weighted by Crippen LogP contribution is -2.38. The molecular formula is C7H10N2O2S. The van der Waals surface area contributed by atoms with Crippen LogP contribution < -0.4 is 5.32 Å². The van der Waals surface area contributed by atoms with Crippen LogP contribution in [0.1, 0.15) is 13.8 Å². The highest BCUT2D eigenvalue weighted by Crippen LogP contribution is 2.06. The number of rotatable bonds is 0. The van der Waals surface area contributed by atoms with Crippen molar-refractivity contribution in [1.82, 2.24) is 5.32 Å². The molecule has 1 aliphatic heterocycles. The predicted octanol–water partition coefficient (Wildman–Crippen LogP) is -0.343. The van der Waals surface area contributed by atoms with Gasteiger partial charge in [-0.15, -0.1) is 0 Å². The highest BCUT2D eigenvalue weighted by Gasteiger charge is 2.18. The summed E-state index contributed by atoms with van der Waals surface area (Å²) < 4.78 is 0.